The van der Waals surface area contributed by atoms with Crippen LogP contribution in [0.15, 0.2) is 54.7 Å². The molecule has 33 heavy (non-hydrogen) atoms. The second-order valence-electron chi connectivity index (χ2n) is 9.33. The number of nitrogens with one attached hydrogen (secondary N) is 1. The van der Waals surface area contributed by atoms with Gasteiger partial charge in [0.2, 0.25) is 5.91 Å². The highest BCUT2D eigenvalue weighted by atomic mass is 19.1. The number of halogens is 1. The van der Waals surface area contributed by atoms with Gasteiger partial charge in [-0.15, -0.1) is 0 Å². The maximum atomic E-state index is 13.1. The molecule has 3 heterocycles. The number of aromatic nitrogens is 3. The predicted molar refractivity (Wildman–Crippen MR) is 124 cm³/mol. The zero-order valence-electron chi connectivity index (χ0n) is 19.1. The lowest BCUT2D eigenvalue weighted by Crippen LogP contribution is -2.41. The summed E-state index contributed by atoms with van der Waals surface area (Å²) in [4.78, 5) is 31.8. The summed E-state index contributed by atoms with van der Waals surface area (Å²) in [5.41, 5.74) is 1.11. The van der Waals surface area contributed by atoms with E-state index in [2.05, 4.69) is 36.2 Å². The van der Waals surface area contributed by atoms with Gasteiger partial charge in [0, 0.05) is 42.2 Å². The van der Waals surface area contributed by atoms with Crippen LogP contribution < -0.4 is 5.32 Å². The molecule has 8 heteroatoms. The Morgan fingerprint density at radius 2 is 1.76 bits per heavy atom. The van der Waals surface area contributed by atoms with Gasteiger partial charge in [0.05, 0.1) is 5.69 Å². The molecule has 0 saturated carbocycles. The highest BCUT2D eigenvalue weighted by molar-refractivity contribution is 5.95. The Balaban J connectivity index is 1.44. The molecule has 1 aliphatic heterocycles. The minimum atomic E-state index is -0.374. The molecule has 0 atom stereocenters. The zero-order valence-corrected chi connectivity index (χ0v) is 19.1. The lowest BCUT2D eigenvalue weighted by Gasteiger charge is -2.31. The van der Waals surface area contributed by atoms with Crippen molar-refractivity contribution in [1.29, 1.82) is 0 Å². The largest absolute Gasteiger partial charge is 0.339 e. The topological polar surface area (TPSA) is 80.1 Å². The van der Waals surface area contributed by atoms with Gasteiger partial charge in [-0.1, -0.05) is 26.8 Å². The minimum Gasteiger partial charge on any atom is -0.339 e. The summed E-state index contributed by atoms with van der Waals surface area (Å²) >= 11 is 0. The molecule has 1 aromatic carbocycles. The quantitative estimate of drug-likeness (QED) is 0.648. The standard InChI is InChI=1S/C25H28FN5O2/c1-25(2,3)20-16-22(31(29-20)21-6-4-5-13-27-21)28-23(32)17-11-14-30(15-12-17)24(33)18-7-9-19(26)10-8-18/h4-10,13,16-17H,11-12,14-15H2,1-3H3,(H,28,32). The third kappa shape index (κ3) is 5.10. The number of rotatable bonds is 4. The molecular weight excluding hydrogens is 421 g/mol. The van der Waals surface area contributed by atoms with Crippen molar-refractivity contribution in [3.8, 4) is 5.82 Å². The SMILES string of the molecule is CC(C)(C)c1cc(NC(=O)C2CCN(C(=O)c3ccc(F)cc3)CC2)n(-c2ccccn2)n1. The second kappa shape index (κ2) is 9.13. The number of hydrogen-bond acceptors (Lipinski definition) is 4. The van der Waals surface area contributed by atoms with Gasteiger partial charge in [-0.25, -0.2) is 9.37 Å². The number of likely N-dealkylation sites (tertiary alicyclic amines) is 1. The van der Waals surface area contributed by atoms with Gasteiger partial charge in [-0.3, -0.25) is 9.59 Å². The molecule has 4 rings (SSSR count). The summed E-state index contributed by atoms with van der Waals surface area (Å²) < 4.78 is 14.8. The van der Waals surface area contributed by atoms with E-state index in [1.165, 1.54) is 24.3 Å². The predicted octanol–water partition coefficient (Wildman–Crippen LogP) is 4.19. The van der Waals surface area contributed by atoms with Crippen LogP contribution >= 0.6 is 0 Å². The molecule has 7 nitrogen and oxygen atoms in total. The zero-order chi connectivity index (χ0) is 23.6. The van der Waals surface area contributed by atoms with Crippen LogP contribution in [0.2, 0.25) is 0 Å². The Morgan fingerprint density at radius 3 is 2.36 bits per heavy atom. The van der Waals surface area contributed by atoms with Crippen molar-refractivity contribution in [3.05, 3.63) is 71.8 Å². The first-order valence-corrected chi connectivity index (χ1v) is 11.1. The lowest BCUT2D eigenvalue weighted by atomic mass is 9.92. The molecule has 1 fully saturated rings. The molecule has 2 amide bonds. The van der Waals surface area contributed by atoms with E-state index >= 15 is 0 Å². The van der Waals surface area contributed by atoms with Gasteiger partial charge in [0.15, 0.2) is 5.82 Å². The maximum Gasteiger partial charge on any atom is 0.253 e. The molecule has 3 aromatic rings. The Bertz CT molecular complexity index is 1130. The number of pyridine rings is 1. The van der Waals surface area contributed by atoms with Gasteiger partial charge < -0.3 is 10.2 Å². The van der Waals surface area contributed by atoms with E-state index in [0.29, 0.717) is 43.1 Å². The van der Waals surface area contributed by atoms with Crippen molar-refractivity contribution in [1.82, 2.24) is 19.7 Å². The highest BCUT2D eigenvalue weighted by Crippen LogP contribution is 2.27. The molecule has 1 N–H and O–H groups in total. The fourth-order valence-corrected chi connectivity index (χ4v) is 3.84. The van der Waals surface area contributed by atoms with Crippen LogP contribution in [0.5, 0.6) is 0 Å². The van der Waals surface area contributed by atoms with Crippen molar-refractivity contribution >= 4 is 17.6 Å². The summed E-state index contributed by atoms with van der Waals surface area (Å²) in [5.74, 6) is 0.378. The number of nitrogens with zero attached hydrogens (tertiary/aromatic N) is 4. The summed E-state index contributed by atoms with van der Waals surface area (Å²) in [6, 6.07) is 13.0. The third-order valence-corrected chi connectivity index (χ3v) is 5.84. The first-order valence-electron chi connectivity index (χ1n) is 11.1. The van der Waals surface area contributed by atoms with Gasteiger partial charge >= 0.3 is 0 Å². The number of anilines is 1. The fraction of sp³-hybridized carbons (Fsp3) is 0.360. The molecule has 0 unspecified atom stereocenters. The molecule has 1 saturated heterocycles. The molecule has 0 radical (unpaired) electrons. The molecule has 0 spiro atoms. The van der Waals surface area contributed by atoms with Crippen LogP contribution in [0.3, 0.4) is 0 Å². The number of amides is 2. The smallest absolute Gasteiger partial charge is 0.253 e. The van der Waals surface area contributed by atoms with Gasteiger partial charge in [-0.05, 0) is 49.2 Å². The summed E-state index contributed by atoms with van der Waals surface area (Å²) in [6.07, 6.45) is 2.80. The first-order chi connectivity index (χ1) is 15.7. The fourth-order valence-electron chi connectivity index (χ4n) is 3.84. The Hall–Kier alpha value is -3.55. The van der Waals surface area contributed by atoms with Crippen LogP contribution in [0, 0.1) is 11.7 Å². The third-order valence-electron chi connectivity index (χ3n) is 5.84. The number of benzene rings is 1. The molecule has 1 aliphatic rings. The Kier molecular flexibility index (Phi) is 6.26. The number of piperidine rings is 1. The monoisotopic (exact) mass is 449 g/mol. The molecule has 0 bridgehead atoms. The second-order valence-corrected chi connectivity index (χ2v) is 9.33. The first kappa shape index (κ1) is 22.6. The van der Waals surface area contributed by atoms with Crippen molar-refractivity contribution in [3.63, 3.8) is 0 Å². The van der Waals surface area contributed by atoms with E-state index in [-0.39, 0.29) is 29.0 Å². The van der Waals surface area contributed by atoms with E-state index in [1.807, 2.05) is 24.3 Å². The summed E-state index contributed by atoms with van der Waals surface area (Å²) in [7, 11) is 0. The van der Waals surface area contributed by atoms with E-state index in [0.717, 1.165) is 5.69 Å². The van der Waals surface area contributed by atoms with E-state index in [4.69, 9.17) is 0 Å². The van der Waals surface area contributed by atoms with Crippen molar-refractivity contribution in [2.24, 2.45) is 5.92 Å². The molecular formula is C25H28FN5O2. The van der Waals surface area contributed by atoms with Gasteiger partial charge in [0.25, 0.3) is 5.91 Å². The van der Waals surface area contributed by atoms with Crippen LogP contribution in [0.1, 0.15) is 49.7 Å². The minimum absolute atomic E-state index is 0.0959. The van der Waals surface area contributed by atoms with Crippen LogP contribution in [0.4, 0.5) is 10.2 Å². The van der Waals surface area contributed by atoms with Crippen molar-refractivity contribution < 1.29 is 14.0 Å². The Morgan fingerprint density at radius 1 is 1.06 bits per heavy atom. The van der Waals surface area contributed by atoms with Crippen LogP contribution in [0.25, 0.3) is 5.82 Å². The number of hydrogen-bond donors (Lipinski definition) is 1. The molecule has 2 aromatic heterocycles. The van der Waals surface area contributed by atoms with Crippen molar-refractivity contribution in [2.45, 2.75) is 39.0 Å². The van der Waals surface area contributed by atoms with Crippen LogP contribution in [-0.2, 0) is 10.2 Å². The maximum absolute atomic E-state index is 13.1. The van der Waals surface area contributed by atoms with E-state index < -0.39 is 0 Å². The van der Waals surface area contributed by atoms with Gasteiger partial charge in [0.1, 0.15) is 11.6 Å². The van der Waals surface area contributed by atoms with Gasteiger partial charge in [-0.2, -0.15) is 9.78 Å². The molecule has 172 valence electrons. The summed E-state index contributed by atoms with van der Waals surface area (Å²) in [6.45, 7) is 7.15. The summed E-state index contributed by atoms with van der Waals surface area (Å²) in [5, 5.41) is 7.71. The highest BCUT2D eigenvalue weighted by Gasteiger charge is 2.29. The normalized spacial score (nSPS) is 14.8. The van der Waals surface area contributed by atoms with Crippen molar-refractivity contribution in [2.75, 3.05) is 18.4 Å². The lowest BCUT2D eigenvalue weighted by molar-refractivity contribution is -0.121. The van der Waals surface area contributed by atoms with E-state index in [1.54, 1.807) is 15.8 Å². The average molecular weight is 450 g/mol. The molecule has 0 aliphatic carbocycles. The number of carbonyl (C=O) groups is 2. The Labute approximate surface area is 192 Å². The average Bonchev–Trinajstić information content (AvgIpc) is 3.24. The van der Waals surface area contributed by atoms with E-state index in [9.17, 15) is 14.0 Å². The van der Waals surface area contributed by atoms with Crippen LogP contribution in [-0.4, -0.2) is 44.6 Å². The number of carbonyl (C=O) groups excluding carboxylic acids is 2.